The van der Waals surface area contributed by atoms with Gasteiger partial charge in [0.2, 0.25) is 17.3 Å². The van der Waals surface area contributed by atoms with Crippen LogP contribution in [0.5, 0.6) is 0 Å². The van der Waals surface area contributed by atoms with Gasteiger partial charge in [0.15, 0.2) is 5.69 Å². The highest BCUT2D eigenvalue weighted by atomic mass is 16.5. The molecule has 1 aromatic heterocycles. The lowest BCUT2D eigenvalue weighted by Crippen LogP contribution is -2.49. The molecule has 3 heterocycles. The Bertz CT molecular complexity index is 990. The van der Waals surface area contributed by atoms with Crippen molar-refractivity contribution < 1.29 is 19.3 Å². The van der Waals surface area contributed by atoms with Crippen LogP contribution in [0.4, 0.5) is 0 Å². The number of piperazine rings is 1. The van der Waals surface area contributed by atoms with E-state index in [-0.39, 0.29) is 23.0 Å². The van der Waals surface area contributed by atoms with E-state index >= 15 is 0 Å². The summed E-state index contributed by atoms with van der Waals surface area (Å²) in [7, 11) is 0. The van der Waals surface area contributed by atoms with Gasteiger partial charge in [-0.1, -0.05) is 24.3 Å². The lowest BCUT2D eigenvalue weighted by molar-refractivity contribution is -0.749. The van der Waals surface area contributed by atoms with Gasteiger partial charge < -0.3 is 14.8 Å². The molecule has 1 atom stereocenters. The molecule has 0 saturated carbocycles. The Morgan fingerprint density at radius 3 is 2.45 bits per heavy atom. The van der Waals surface area contributed by atoms with Gasteiger partial charge in [0.25, 0.3) is 0 Å². The molecule has 0 spiro atoms. The maximum atomic E-state index is 12.9. The summed E-state index contributed by atoms with van der Waals surface area (Å²) in [6.07, 6.45) is 3.43. The van der Waals surface area contributed by atoms with E-state index in [2.05, 4.69) is 14.9 Å². The largest absolute Gasteiger partial charge is 0.571 e. The topological polar surface area (TPSA) is 94.6 Å². The lowest BCUT2D eigenvalue weighted by atomic mass is 9.90. The molecule has 2 saturated heterocycles. The van der Waals surface area contributed by atoms with Gasteiger partial charge in [-0.25, -0.2) is 0 Å². The fourth-order valence-corrected chi connectivity index (χ4v) is 4.82. The summed E-state index contributed by atoms with van der Waals surface area (Å²) >= 11 is 0. The van der Waals surface area contributed by atoms with Crippen molar-refractivity contribution in [3.8, 4) is 0 Å². The van der Waals surface area contributed by atoms with Crippen molar-refractivity contribution in [3.05, 3.63) is 52.0 Å². The molecule has 9 nitrogen and oxygen atoms in total. The number of hydrogen-bond acceptors (Lipinski definition) is 7. The molecule has 0 N–H and O–H groups in total. The Balaban J connectivity index is 1.18. The van der Waals surface area contributed by atoms with Crippen LogP contribution >= 0.6 is 0 Å². The Hall–Kier alpha value is -2.62. The lowest BCUT2D eigenvalue weighted by Gasteiger charge is -2.35. The van der Waals surface area contributed by atoms with Crippen molar-refractivity contribution >= 4 is 11.6 Å². The van der Waals surface area contributed by atoms with Gasteiger partial charge >= 0.3 is 0 Å². The number of nitrogens with zero attached hydrogens (tertiary/aromatic N) is 5. The summed E-state index contributed by atoms with van der Waals surface area (Å²) in [6.45, 7) is 7.10. The molecule has 0 radical (unpaired) electrons. The number of ketones is 2. The molecule has 0 bridgehead atoms. The normalized spacial score (nSPS) is 22.0. The standard InChI is InChI=1S/C22H27N5O4/c28-21-17-6-1-2-7-18(17)22(29)20-19(21)23-27(30)26(20)9-4-8-24-10-12-25(13-11-24)15-16-5-3-14-31-16/h1-2,6-7,16H,3-5,8-15H2. The van der Waals surface area contributed by atoms with E-state index in [4.69, 9.17) is 4.74 Å². The van der Waals surface area contributed by atoms with Crippen LogP contribution in [-0.2, 0) is 11.3 Å². The van der Waals surface area contributed by atoms with E-state index in [0.717, 1.165) is 52.3 Å². The average Bonchev–Trinajstić information content (AvgIpc) is 3.41. The second kappa shape index (κ2) is 8.49. The molecular formula is C22H27N5O4. The fourth-order valence-electron chi connectivity index (χ4n) is 4.82. The first-order valence-electron chi connectivity index (χ1n) is 11.1. The Morgan fingerprint density at radius 2 is 1.74 bits per heavy atom. The number of hydrogen-bond donors (Lipinski definition) is 0. The molecule has 1 aromatic carbocycles. The summed E-state index contributed by atoms with van der Waals surface area (Å²) < 4.78 is 7.04. The number of ether oxygens (including phenoxy) is 1. The molecule has 3 aliphatic rings. The van der Waals surface area contributed by atoms with Crippen LogP contribution in [0.3, 0.4) is 0 Å². The van der Waals surface area contributed by atoms with Gasteiger partial charge in [-0.2, -0.15) is 0 Å². The monoisotopic (exact) mass is 425 g/mol. The molecule has 164 valence electrons. The third-order valence-corrected chi connectivity index (χ3v) is 6.52. The quantitative estimate of drug-likeness (QED) is 0.419. The van der Waals surface area contributed by atoms with Crippen molar-refractivity contribution in [1.82, 2.24) is 19.6 Å². The first-order chi connectivity index (χ1) is 15.1. The van der Waals surface area contributed by atoms with E-state index in [0.29, 0.717) is 35.2 Å². The number of rotatable bonds is 6. The van der Waals surface area contributed by atoms with Gasteiger partial charge in [-0.3, -0.25) is 14.5 Å². The van der Waals surface area contributed by atoms with Gasteiger partial charge in [-0.15, -0.1) is 4.68 Å². The zero-order chi connectivity index (χ0) is 21.4. The Labute approximate surface area is 180 Å². The number of aromatic nitrogens is 3. The van der Waals surface area contributed by atoms with Crippen molar-refractivity contribution in [3.63, 3.8) is 0 Å². The average molecular weight is 425 g/mol. The number of benzene rings is 1. The third kappa shape index (κ3) is 3.88. The second-order valence-electron chi connectivity index (χ2n) is 8.51. The maximum absolute atomic E-state index is 12.9. The highest BCUT2D eigenvalue weighted by Crippen LogP contribution is 2.25. The molecule has 2 aromatic rings. The maximum Gasteiger partial charge on any atom is 0.220 e. The van der Waals surface area contributed by atoms with E-state index in [1.54, 1.807) is 24.3 Å². The molecule has 31 heavy (non-hydrogen) atoms. The van der Waals surface area contributed by atoms with Crippen molar-refractivity contribution in [2.75, 3.05) is 45.9 Å². The number of carbonyl (C=O) groups is 2. The van der Waals surface area contributed by atoms with Gasteiger partial charge in [-0.05, 0) is 19.3 Å². The van der Waals surface area contributed by atoms with Gasteiger partial charge in [0, 0.05) is 67.1 Å². The van der Waals surface area contributed by atoms with Crippen LogP contribution in [-0.4, -0.2) is 83.1 Å². The van der Waals surface area contributed by atoms with Crippen molar-refractivity contribution in [1.29, 1.82) is 0 Å². The third-order valence-electron chi connectivity index (χ3n) is 6.52. The Kier molecular flexibility index (Phi) is 5.56. The molecule has 1 aliphatic carbocycles. The number of carbonyl (C=O) groups excluding carboxylic acids is 2. The van der Waals surface area contributed by atoms with Crippen molar-refractivity contribution in [2.45, 2.75) is 31.9 Å². The van der Waals surface area contributed by atoms with Crippen LogP contribution in [0.1, 0.15) is 51.4 Å². The van der Waals surface area contributed by atoms with Gasteiger partial charge in [0.05, 0.1) is 12.6 Å². The van der Waals surface area contributed by atoms with Crippen LogP contribution in [0.25, 0.3) is 0 Å². The van der Waals surface area contributed by atoms with Crippen LogP contribution in [0.15, 0.2) is 24.3 Å². The number of fused-ring (bicyclic) bond motifs is 2. The summed E-state index contributed by atoms with van der Waals surface area (Å²) in [5, 5.41) is 16.2. The molecule has 2 fully saturated rings. The highest BCUT2D eigenvalue weighted by molar-refractivity contribution is 6.26. The second-order valence-corrected chi connectivity index (χ2v) is 8.51. The summed E-state index contributed by atoms with van der Waals surface area (Å²) in [6, 6.07) is 6.66. The summed E-state index contributed by atoms with van der Waals surface area (Å²) in [4.78, 5) is 30.9. The van der Waals surface area contributed by atoms with E-state index < -0.39 is 0 Å². The first kappa shape index (κ1) is 20.3. The Morgan fingerprint density at radius 1 is 1.03 bits per heavy atom. The van der Waals surface area contributed by atoms with Crippen LogP contribution in [0.2, 0.25) is 0 Å². The van der Waals surface area contributed by atoms with E-state index in [9.17, 15) is 14.8 Å². The highest BCUT2D eigenvalue weighted by Gasteiger charge is 2.39. The predicted octanol–water partition coefficient (Wildman–Crippen LogP) is 0.479. The minimum absolute atomic E-state index is 0.0403. The summed E-state index contributed by atoms with van der Waals surface area (Å²) in [5.41, 5.74) is 0.719. The van der Waals surface area contributed by atoms with E-state index in [1.165, 1.54) is 11.1 Å². The zero-order valence-electron chi connectivity index (χ0n) is 17.5. The molecule has 9 heteroatoms. The van der Waals surface area contributed by atoms with E-state index in [1.807, 2.05) is 0 Å². The molecule has 1 unspecified atom stereocenters. The molecule has 2 aliphatic heterocycles. The first-order valence-corrected chi connectivity index (χ1v) is 11.1. The van der Waals surface area contributed by atoms with Crippen LogP contribution in [0, 0.1) is 5.21 Å². The summed E-state index contributed by atoms with van der Waals surface area (Å²) in [5.74, 6) is -0.675. The fraction of sp³-hybridized carbons (Fsp3) is 0.545. The predicted molar refractivity (Wildman–Crippen MR) is 111 cm³/mol. The molecular weight excluding hydrogens is 398 g/mol. The smallest absolute Gasteiger partial charge is 0.220 e. The van der Waals surface area contributed by atoms with Crippen molar-refractivity contribution in [2.24, 2.45) is 0 Å². The molecule has 5 rings (SSSR count). The zero-order valence-corrected chi connectivity index (χ0v) is 17.5. The van der Waals surface area contributed by atoms with Crippen LogP contribution < -0.4 is 4.96 Å². The van der Waals surface area contributed by atoms with Gasteiger partial charge in [0.1, 0.15) is 0 Å². The SMILES string of the molecule is O=C1c2ccccc2C(=O)c2c1n[n+]([O-])n2CCCN1CCN(CC2CCCO2)CC1. The minimum atomic E-state index is -0.365. The minimum Gasteiger partial charge on any atom is -0.571 e. The molecule has 0 amide bonds.